The number of likely N-dealkylation sites (tertiary alicyclic amines) is 1. The summed E-state index contributed by atoms with van der Waals surface area (Å²) in [7, 11) is 0. The first-order valence-electron chi connectivity index (χ1n) is 7.54. The van der Waals surface area contributed by atoms with Crippen molar-refractivity contribution < 1.29 is 19.1 Å². The van der Waals surface area contributed by atoms with E-state index in [-0.39, 0.29) is 42.5 Å². The molecule has 1 aliphatic carbocycles. The second-order valence-corrected chi connectivity index (χ2v) is 5.73. The molecule has 0 aromatic rings. The topological polar surface area (TPSA) is 66.9 Å². The van der Waals surface area contributed by atoms with E-state index < -0.39 is 0 Å². The van der Waals surface area contributed by atoms with Crippen LogP contribution in [-0.2, 0) is 19.1 Å². The first-order chi connectivity index (χ1) is 10.2. The Kier molecular flexibility index (Phi) is 4.05. The fourth-order valence-corrected chi connectivity index (χ4v) is 3.27. The predicted molar refractivity (Wildman–Crippen MR) is 74.1 cm³/mol. The smallest absolute Gasteiger partial charge is 0.233 e. The van der Waals surface area contributed by atoms with Crippen molar-refractivity contribution in [3.05, 3.63) is 12.2 Å². The highest BCUT2D eigenvalue weighted by molar-refractivity contribution is 6.05. The summed E-state index contributed by atoms with van der Waals surface area (Å²) in [4.78, 5) is 39.7. The molecule has 2 saturated heterocycles. The maximum absolute atomic E-state index is 12.3. The largest absolute Gasteiger partial charge is 0.378 e. The molecule has 2 fully saturated rings. The number of morpholine rings is 1. The van der Waals surface area contributed by atoms with Gasteiger partial charge in [-0.2, -0.15) is 0 Å². The molecule has 0 spiro atoms. The maximum atomic E-state index is 12.3. The number of fused-ring (bicyclic) bond motifs is 1. The van der Waals surface area contributed by atoms with E-state index in [1.807, 2.05) is 12.2 Å². The summed E-state index contributed by atoms with van der Waals surface area (Å²) >= 11 is 0. The van der Waals surface area contributed by atoms with E-state index in [1.54, 1.807) is 4.90 Å². The van der Waals surface area contributed by atoms with Crippen molar-refractivity contribution in [3.8, 4) is 0 Å². The third kappa shape index (κ3) is 2.72. The zero-order valence-corrected chi connectivity index (χ0v) is 12.0. The molecular weight excluding hydrogens is 272 g/mol. The van der Waals surface area contributed by atoms with Crippen molar-refractivity contribution in [2.24, 2.45) is 11.8 Å². The highest BCUT2D eigenvalue weighted by Gasteiger charge is 2.46. The Balaban J connectivity index is 1.56. The van der Waals surface area contributed by atoms with Gasteiger partial charge in [0.05, 0.1) is 25.0 Å². The van der Waals surface area contributed by atoms with Gasteiger partial charge in [0.15, 0.2) is 0 Å². The van der Waals surface area contributed by atoms with Gasteiger partial charge in [0.1, 0.15) is 0 Å². The van der Waals surface area contributed by atoms with Crippen molar-refractivity contribution in [1.82, 2.24) is 9.80 Å². The van der Waals surface area contributed by atoms with Crippen LogP contribution in [-0.4, -0.2) is 60.4 Å². The van der Waals surface area contributed by atoms with Crippen LogP contribution in [0.15, 0.2) is 12.2 Å². The summed E-state index contributed by atoms with van der Waals surface area (Å²) in [6.07, 6.45) is 5.43. The van der Waals surface area contributed by atoms with Crippen molar-refractivity contribution >= 4 is 17.7 Å². The zero-order chi connectivity index (χ0) is 14.8. The Morgan fingerprint density at radius 2 is 1.67 bits per heavy atom. The Labute approximate surface area is 123 Å². The fraction of sp³-hybridized carbons (Fsp3) is 0.667. The van der Waals surface area contributed by atoms with Gasteiger partial charge in [-0.15, -0.1) is 0 Å². The zero-order valence-electron chi connectivity index (χ0n) is 12.0. The number of allylic oxidation sites excluding steroid dienone is 2. The van der Waals surface area contributed by atoms with Gasteiger partial charge in [-0.05, 0) is 12.8 Å². The van der Waals surface area contributed by atoms with Crippen molar-refractivity contribution in [3.63, 3.8) is 0 Å². The van der Waals surface area contributed by atoms with Crippen LogP contribution in [0.2, 0.25) is 0 Å². The number of hydrogen-bond acceptors (Lipinski definition) is 4. The molecule has 6 nitrogen and oxygen atoms in total. The van der Waals surface area contributed by atoms with Gasteiger partial charge in [0.25, 0.3) is 0 Å². The van der Waals surface area contributed by atoms with Crippen LogP contribution in [0.25, 0.3) is 0 Å². The quantitative estimate of drug-likeness (QED) is 0.550. The molecule has 0 N–H and O–H groups in total. The average Bonchev–Trinajstić information content (AvgIpc) is 2.78. The Hall–Kier alpha value is -1.69. The Bertz CT molecular complexity index is 456. The molecule has 0 saturated carbocycles. The number of carbonyl (C=O) groups is 3. The lowest BCUT2D eigenvalue weighted by atomic mass is 9.85. The normalized spacial score (nSPS) is 29.0. The molecule has 3 amide bonds. The van der Waals surface area contributed by atoms with Gasteiger partial charge in [-0.25, -0.2) is 0 Å². The standard InChI is InChI=1S/C15H20N2O4/c18-13(16-7-9-21-10-8-16)5-6-17-14(19)11-3-1-2-4-12(11)15(17)20/h1-2,11-12H,3-10H2/t11-,12-/m1/s1. The predicted octanol–water partition coefficient (Wildman–Crippen LogP) is 0.187. The molecular formula is C15H20N2O4. The summed E-state index contributed by atoms with van der Waals surface area (Å²) in [5.41, 5.74) is 0. The molecule has 0 radical (unpaired) electrons. The van der Waals surface area contributed by atoms with Crippen LogP contribution in [0.5, 0.6) is 0 Å². The Morgan fingerprint density at radius 3 is 2.24 bits per heavy atom. The molecule has 0 unspecified atom stereocenters. The van der Waals surface area contributed by atoms with Crippen LogP contribution in [0, 0.1) is 11.8 Å². The van der Waals surface area contributed by atoms with Gasteiger partial charge in [-0.3, -0.25) is 19.3 Å². The third-order valence-corrected chi connectivity index (χ3v) is 4.51. The van der Waals surface area contributed by atoms with E-state index in [9.17, 15) is 14.4 Å². The molecule has 2 heterocycles. The minimum atomic E-state index is -0.207. The van der Waals surface area contributed by atoms with Crippen LogP contribution in [0.3, 0.4) is 0 Å². The van der Waals surface area contributed by atoms with Gasteiger partial charge < -0.3 is 9.64 Å². The van der Waals surface area contributed by atoms with Gasteiger partial charge >= 0.3 is 0 Å². The monoisotopic (exact) mass is 292 g/mol. The van der Waals surface area contributed by atoms with Crippen LogP contribution in [0.1, 0.15) is 19.3 Å². The number of imide groups is 1. The first kappa shape index (κ1) is 14.3. The van der Waals surface area contributed by atoms with E-state index in [1.165, 1.54) is 4.90 Å². The van der Waals surface area contributed by atoms with E-state index in [4.69, 9.17) is 4.74 Å². The second kappa shape index (κ2) is 5.97. The summed E-state index contributed by atoms with van der Waals surface area (Å²) in [5, 5.41) is 0. The second-order valence-electron chi connectivity index (χ2n) is 5.73. The van der Waals surface area contributed by atoms with E-state index >= 15 is 0 Å². The maximum Gasteiger partial charge on any atom is 0.233 e. The van der Waals surface area contributed by atoms with E-state index in [0.717, 1.165) is 0 Å². The number of amides is 3. The van der Waals surface area contributed by atoms with Crippen molar-refractivity contribution in [2.75, 3.05) is 32.8 Å². The molecule has 114 valence electrons. The molecule has 2 atom stereocenters. The van der Waals surface area contributed by atoms with Crippen molar-refractivity contribution in [2.45, 2.75) is 19.3 Å². The molecule has 2 aliphatic heterocycles. The average molecular weight is 292 g/mol. The van der Waals surface area contributed by atoms with E-state index in [0.29, 0.717) is 39.1 Å². The summed E-state index contributed by atoms with van der Waals surface area (Å²) in [5.74, 6) is -0.637. The van der Waals surface area contributed by atoms with Crippen LogP contribution in [0.4, 0.5) is 0 Å². The lowest BCUT2D eigenvalue weighted by molar-refractivity contribution is -0.141. The summed E-state index contributed by atoms with van der Waals surface area (Å²) in [6.45, 7) is 2.51. The third-order valence-electron chi connectivity index (χ3n) is 4.51. The molecule has 3 rings (SSSR count). The molecule has 3 aliphatic rings. The lowest BCUT2D eigenvalue weighted by Crippen LogP contribution is -2.42. The number of nitrogens with zero attached hydrogens (tertiary/aromatic N) is 2. The van der Waals surface area contributed by atoms with Gasteiger partial charge in [0, 0.05) is 26.1 Å². The fourth-order valence-electron chi connectivity index (χ4n) is 3.27. The van der Waals surface area contributed by atoms with Gasteiger partial charge in [-0.1, -0.05) is 12.2 Å². The minimum absolute atomic E-state index is 0.00750. The molecule has 0 aromatic heterocycles. The van der Waals surface area contributed by atoms with Crippen LogP contribution < -0.4 is 0 Å². The number of ether oxygens (including phenoxy) is 1. The highest BCUT2D eigenvalue weighted by Crippen LogP contribution is 2.35. The first-order valence-corrected chi connectivity index (χ1v) is 7.54. The lowest BCUT2D eigenvalue weighted by Gasteiger charge is -2.27. The molecule has 6 heteroatoms. The molecule has 21 heavy (non-hydrogen) atoms. The van der Waals surface area contributed by atoms with Crippen LogP contribution >= 0.6 is 0 Å². The number of rotatable bonds is 3. The van der Waals surface area contributed by atoms with Gasteiger partial charge in [0.2, 0.25) is 17.7 Å². The molecule has 0 bridgehead atoms. The minimum Gasteiger partial charge on any atom is -0.378 e. The SMILES string of the molecule is O=C(CCN1C(=O)[C@@H]2CC=CC[C@H]2C1=O)N1CCOCC1. The summed E-state index contributed by atoms with van der Waals surface area (Å²) in [6, 6.07) is 0. The molecule has 0 aromatic carbocycles. The van der Waals surface area contributed by atoms with Crippen molar-refractivity contribution in [1.29, 1.82) is 0 Å². The highest BCUT2D eigenvalue weighted by atomic mass is 16.5. The Morgan fingerprint density at radius 1 is 1.10 bits per heavy atom. The number of carbonyl (C=O) groups excluding carboxylic acids is 3. The number of hydrogen-bond donors (Lipinski definition) is 0. The van der Waals surface area contributed by atoms with E-state index in [2.05, 4.69) is 0 Å². The summed E-state index contributed by atoms with van der Waals surface area (Å²) < 4.78 is 5.21.